The molecule has 3 heterocycles. The SMILES string of the molecule is Cc1cc(C)c2nc(N3C(=O)C(O)=C(C(=O)c4ccco4)[C@H]3c3cccc(O)c3)sc2c1. The van der Waals surface area contributed by atoms with Crippen LogP contribution in [0.1, 0.15) is 33.3 Å². The van der Waals surface area contributed by atoms with Crippen molar-refractivity contribution in [2.45, 2.75) is 19.9 Å². The molecule has 0 aliphatic carbocycles. The molecule has 2 N–H and O–H groups in total. The Morgan fingerprint density at radius 3 is 2.66 bits per heavy atom. The maximum Gasteiger partial charge on any atom is 0.296 e. The van der Waals surface area contributed by atoms with E-state index in [0.717, 1.165) is 21.3 Å². The maximum absolute atomic E-state index is 13.2. The van der Waals surface area contributed by atoms with E-state index in [4.69, 9.17) is 4.42 Å². The summed E-state index contributed by atoms with van der Waals surface area (Å²) in [6.45, 7) is 3.93. The quantitative estimate of drug-likeness (QED) is 0.428. The number of aromatic nitrogens is 1. The zero-order valence-electron chi connectivity index (χ0n) is 17.2. The molecule has 0 saturated heterocycles. The molecule has 0 saturated carbocycles. The minimum atomic E-state index is -0.978. The fraction of sp³-hybridized carbons (Fsp3) is 0.125. The molecule has 1 aliphatic heterocycles. The van der Waals surface area contributed by atoms with E-state index in [1.54, 1.807) is 18.2 Å². The second-order valence-electron chi connectivity index (χ2n) is 7.67. The van der Waals surface area contributed by atoms with Crippen LogP contribution in [0.2, 0.25) is 0 Å². The van der Waals surface area contributed by atoms with E-state index in [2.05, 4.69) is 4.98 Å². The van der Waals surface area contributed by atoms with Gasteiger partial charge in [0.25, 0.3) is 5.91 Å². The standard InChI is InChI=1S/C24H18N2O5S/c1-12-9-13(2)19-17(10-12)32-24(25-19)26-20(14-5-3-6-15(27)11-14)18(22(29)23(26)30)21(28)16-7-4-8-31-16/h3-11,20,27,29H,1-2H3/t20-/m1/s1. The van der Waals surface area contributed by atoms with E-state index >= 15 is 0 Å². The molecule has 1 atom stereocenters. The molecule has 4 aromatic rings. The summed E-state index contributed by atoms with van der Waals surface area (Å²) in [5.41, 5.74) is 3.12. The average molecular weight is 446 g/mol. The second-order valence-corrected chi connectivity index (χ2v) is 8.68. The number of aryl methyl sites for hydroxylation is 2. The lowest BCUT2D eigenvalue weighted by atomic mass is 9.95. The van der Waals surface area contributed by atoms with Gasteiger partial charge in [-0.15, -0.1) is 0 Å². The van der Waals surface area contributed by atoms with Gasteiger partial charge in [0, 0.05) is 0 Å². The van der Waals surface area contributed by atoms with Crippen molar-refractivity contribution in [1.29, 1.82) is 0 Å². The van der Waals surface area contributed by atoms with Crippen LogP contribution >= 0.6 is 11.3 Å². The number of thiazole rings is 1. The molecule has 0 bridgehead atoms. The largest absolute Gasteiger partial charge is 0.508 e. The monoisotopic (exact) mass is 446 g/mol. The Morgan fingerprint density at radius 2 is 1.94 bits per heavy atom. The predicted molar refractivity (Wildman–Crippen MR) is 120 cm³/mol. The Bertz CT molecular complexity index is 1420. The van der Waals surface area contributed by atoms with E-state index in [1.807, 2.05) is 26.0 Å². The van der Waals surface area contributed by atoms with Gasteiger partial charge >= 0.3 is 0 Å². The summed E-state index contributed by atoms with van der Waals surface area (Å²) < 4.78 is 6.12. The number of anilines is 1. The number of carbonyl (C=O) groups excluding carboxylic acids is 2. The van der Waals surface area contributed by atoms with Gasteiger partial charge in [0.15, 0.2) is 16.7 Å². The smallest absolute Gasteiger partial charge is 0.296 e. The lowest BCUT2D eigenvalue weighted by Gasteiger charge is -2.24. The van der Waals surface area contributed by atoms with Gasteiger partial charge in [0.05, 0.1) is 28.1 Å². The zero-order chi connectivity index (χ0) is 22.6. The zero-order valence-corrected chi connectivity index (χ0v) is 18.0. The number of Topliss-reactive ketones (excluding diaryl/α,β-unsaturated/α-hetero) is 1. The minimum absolute atomic E-state index is 0.00196. The summed E-state index contributed by atoms with van der Waals surface area (Å²) >= 11 is 1.30. The van der Waals surface area contributed by atoms with Gasteiger partial charge in [0.1, 0.15) is 5.75 Å². The Balaban J connectivity index is 1.71. The maximum atomic E-state index is 13.2. The van der Waals surface area contributed by atoms with Gasteiger partial charge < -0.3 is 14.6 Å². The first-order chi connectivity index (χ1) is 15.3. The highest BCUT2D eigenvalue weighted by Crippen LogP contribution is 2.45. The average Bonchev–Trinajstić information content (AvgIpc) is 3.47. The molecule has 7 nitrogen and oxygen atoms in total. The molecule has 1 aliphatic rings. The van der Waals surface area contributed by atoms with Crippen LogP contribution in [0.5, 0.6) is 5.75 Å². The van der Waals surface area contributed by atoms with Crippen LogP contribution in [0, 0.1) is 13.8 Å². The third kappa shape index (κ3) is 3.07. The van der Waals surface area contributed by atoms with Crippen LogP contribution in [0.25, 0.3) is 10.2 Å². The minimum Gasteiger partial charge on any atom is -0.508 e. The number of phenolic OH excluding ortho intramolecular Hbond substituents is 1. The number of carbonyl (C=O) groups is 2. The fourth-order valence-corrected chi connectivity index (χ4v) is 5.22. The van der Waals surface area contributed by atoms with Gasteiger partial charge in [-0.2, -0.15) is 0 Å². The summed E-state index contributed by atoms with van der Waals surface area (Å²) in [4.78, 5) is 32.4. The van der Waals surface area contributed by atoms with Crippen molar-refractivity contribution in [3.63, 3.8) is 0 Å². The number of ketones is 1. The van der Waals surface area contributed by atoms with Crippen molar-refractivity contribution in [1.82, 2.24) is 4.98 Å². The van der Waals surface area contributed by atoms with E-state index in [1.165, 1.54) is 40.7 Å². The van der Waals surface area contributed by atoms with Crippen LogP contribution in [0.3, 0.4) is 0 Å². The Hall–Kier alpha value is -3.91. The van der Waals surface area contributed by atoms with E-state index in [9.17, 15) is 19.8 Å². The molecule has 160 valence electrons. The lowest BCUT2D eigenvalue weighted by molar-refractivity contribution is -0.117. The molecule has 5 rings (SSSR count). The molecule has 8 heteroatoms. The number of hydrogen-bond donors (Lipinski definition) is 2. The molecule has 2 aromatic heterocycles. The molecular formula is C24H18N2O5S. The number of phenols is 1. The van der Waals surface area contributed by atoms with Crippen LogP contribution < -0.4 is 4.90 Å². The van der Waals surface area contributed by atoms with Crippen molar-refractivity contribution < 1.29 is 24.2 Å². The van der Waals surface area contributed by atoms with E-state index in [-0.39, 0.29) is 17.1 Å². The van der Waals surface area contributed by atoms with Crippen molar-refractivity contribution in [2.24, 2.45) is 0 Å². The van der Waals surface area contributed by atoms with Crippen LogP contribution in [-0.2, 0) is 4.79 Å². The summed E-state index contributed by atoms with van der Waals surface area (Å²) in [5, 5.41) is 21.2. The molecule has 0 spiro atoms. The topological polar surface area (TPSA) is 104 Å². The number of hydrogen-bond acceptors (Lipinski definition) is 7. The van der Waals surface area contributed by atoms with Crippen LogP contribution in [0.15, 0.2) is 70.5 Å². The number of benzene rings is 2. The summed E-state index contributed by atoms with van der Waals surface area (Å²) in [7, 11) is 0. The Kier molecular flexibility index (Phi) is 4.60. The highest BCUT2D eigenvalue weighted by molar-refractivity contribution is 7.22. The fourth-order valence-electron chi connectivity index (χ4n) is 4.05. The summed E-state index contributed by atoms with van der Waals surface area (Å²) in [6, 6.07) is 12.3. The van der Waals surface area contributed by atoms with Crippen LogP contribution in [-0.4, -0.2) is 26.9 Å². The van der Waals surface area contributed by atoms with E-state index in [0.29, 0.717) is 10.7 Å². The molecule has 1 amide bonds. The van der Waals surface area contributed by atoms with Crippen molar-refractivity contribution >= 4 is 38.4 Å². The van der Waals surface area contributed by atoms with Gasteiger partial charge in [-0.25, -0.2) is 4.98 Å². The molecule has 32 heavy (non-hydrogen) atoms. The molecule has 2 aromatic carbocycles. The highest BCUT2D eigenvalue weighted by Gasteiger charge is 2.46. The Labute approximate surface area is 186 Å². The normalized spacial score (nSPS) is 16.4. The number of nitrogens with zero attached hydrogens (tertiary/aromatic N) is 2. The predicted octanol–water partition coefficient (Wildman–Crippen LogP) is 4.99. The van der Waals surface area contributed by atoms with Gasteiger partial charge in [-0.05, 0) is 60.9 Å². The number of rotatable bonds is 4. The molecule has 0 radical (unpaired) electrons. The number of aliphatic hydroxyl groups excluding tert-OH is 1. The summed E-state index contributed by atoms with van der Waals surface area (Å²) in [6.07, 6.45) is 1.35. The van der Waals surface area contributed by atoms with Crippen molar-refractivity contribution in [2.75, 3.05) is 4.90 Å². The second kappa shape index (κ2) is 7.35. The van der Waals surface area contributed by atoms with Crippen LogP contribution in [0.4, 0.5) is 5.13 Å². The highest BCUT2D eigenvalue weighted by atomic mass is 32.1. The lowest BCUT2D eigenvalue weighted by Crippen LogP contribution is -2.30. The molecule has 0 fully saturated rings. The Morgan fingerprint density at radius 1 is 1.12 bits per heavy atom. The number of amides is 1. The van der Waals surface area contributed by atoms with Crippen molar-refractivity contribution in [3.8, 4) is 5.75 Å². The number of furan rings is 1. The van der Waals surface area contributed by atoms with Gasteiger partial charge in [-0.1, -0.05) is 29.5 Å². The molecular weight excluding hydrogens is 428 g/mol. The van der Waals surface area contributed by atoms with Crippen molar-refractivity contribution in [3.05, 3.63) is 88.6 Å². The number of aromatic hydroxyl groups is 1. The summed E-state index contributed by atoms with van der Waals surface area (Å²) in [5.74, 6) is -2.03. The third-order valence-electron chi connectivity index (χ3n) is 5.41. The van der Waals surface area contributed by atoms with Gasteiger partial charge in [-0.3, -0.25) is 14.5 Å². The first-order valence-electron chi connectivity index (χ1n) is 9.86. The van der Waals surface area contributed by atoms with E-state index < -0.39 is 23.5 Å². The molecule has 0 unspecified atom stereocenters. The first kappa shape index (κ1) is 20.0. The van der Waals surface area contributed by atoms with Gasteiger partial charge in [0.2, 0.25) is 5.78 Å². The number of aliphatic hydroxyl groups is 1. The number of fused-ring (bicyclic) bond motifs is 1. The third-order valence-corrected chi connectivity index (χ3v) is 6.41. The first-order valence-corrected chi connectivity index (χ1v) is 10.7.